The first-order chi connectivity index (χ1) is 7.97. The Morgan fingerprint density at radius 2 is 2.00 bits per heavy atom. The van der Waals surface area contributed by atoms with Gasteiger partial charge in [0.2, 0.25) is 0 Å². The normalized spacial score (nSPS) is 20.8. The van der Waals surface area contributed by atoms with Crippen molar-refractivity contribution in [2.75, 3.05) is 6.54 Å². The Morgan fingerprint density at radius 1 is 1.50 bits per heavy atom. The molecule has 0 spiro atoms. The van der Waals surface area contributed by atoms with Crippen LogP contribution in [0, 0.1) is 5.92 Å². The van der Waals surface area contributed by atoms with Crippen molar-refractivity contribution in [1.82, 2.24) is 10.2 Å². The number of nitrogens with one attached hydrogen (secondary N) is 1. The maximum atomic E-state index is 12.6. The summed E-state index contributed by atoms with van der Waals surface area (Å²) in [7, 11) is 0. The van der Waals surface area contributed by atoms with Gasteiger partial charge in [-0.25, -0.2) is 4.79 Å². The van der Waals surface area contributed by atoms with Crippen LogP contribution in [0.4, 0.5) is 18.0 Å². The van der Waals surface area contributed by atoms with E-state index in [1.165, 1.54) is 13.8 Å². The van der Waals surface area contributed by atoms with E-state index in [9.17, 15) is 22.8 Å². The molecule has 1 heterocycles. The van der Waals surface area contributed by atoms with Crippen LogP contribution in [0.15, 0.2) is 0 Å². The molecule has 1 aliphatic rings. The first-order valence-corrected chi connectivity index (χ1v) is 5.38. The van der Waals surface area contributed by atoms with E-state index in [1.54, 1.807) is 0 Å². The van der Waals surface area contributed by atoms with Gasteiger partial charge in [0.1, 0.15) is 11.5 Å². The van der Waals surface area contributed by atoms with Gasteiger partial charge in [-0.1, -0.05) is 12.2 Å². The number of carbonyl (C=O) groups excluding carboxylic acids is 2. The van der Waals surface area contributed by atoms with Crippen LogP contribution in [0.25, 0.3) is 0 Å². The standard InChI is InChI=1S/C9H12F3N3O2S/c1-8(2)6(16)15(7(17)14-8)3-4(5(13)18)9(10,11)12/h4H,3H2,1-2H3,(H2,13,18)(H,14,17). The van der Waals surface area contributed by atoms with Crippen molar-refractivity contribution in [3.63, 3.8) is 0 Å². The predicted octanol–water partition coefficient (Wildman–Crippen LogP) is 0.781. The molecule has 1 aliphatic heterocycles. The van der Waals surface area contributed by atoms with Crippen molar-refractivity contribution in [2.24, 2.45) is 11.7 Å². The summed E-state index contributed by atoms with van der Waals surface area (Å²) >= 11 is 4.32. The second-order valence-corrected chi connectivity index (χ2v) is 4.94. The van der Waals surface area contributed by atoms with E-state index in [2.05, 4.69) is 17.5 Å². The average molecular weight is 283 g/mol. The summed E-state index contributed by atoms with van der Waals surface area (Å²) in [4.78, 5) is 22.8. The van der Waals surface area contributed by atoms with Gasteiger partial charge in [-0.05, 0) is 13.8 Å². The fourth-order valence-electron chi connectivity index (χ4n) is 1.52. The van der Waals surface area contributed by atoms with Crippen LogP contribution >= 0.6 is 12.2 Å². The minimum Gasteiger partial charge on any atom is -0.393 e. The Morgan fingerprint density at radius 3 is 2.28 bits per heavy atom. The molecule has 5 nitrogen and oxygen atoms in total. The van der Waals surface area contributed by atoms with Gasteiger partial charge < -0.3 is 11.1 Å². The largest absolute Gasteiger partial charge is 0.399 e. The van der Waals surface area contributed by atoms with Crippen LogP contribution in [0.5, 0.6) is 0 Å². The minimum absolute atomic E-state index is 0.483. The molecule has 0 saturated carbocycles. The van der Waals surface area contributed by atoms with Crippen molar-refractivity contribution in [3.8, 4) is 0 Å². The lowest BCUT2D eigenvalue weighted by atomic mass is 10.1. The third-order valence-electron chi connectivity index (χ3n) is 2.55. The summed E-state index contributed by atoms with van der Waals surface area (Å²) in [6.07, 6.45) is -4.70. The van der Waals surface area contributed by atoms with Crippen LogP contribution in [0.3, 0.4) is 0 Å². The number of carbonyl (C=O) groups is 2. The SMILES string of the molecule is CC1(C)NC(=O)N(CC(C(N)=S)C(F)(F)F)C1=O. The van der Waals surface area contributed by atoms with E-state index in [1.807, 2.05) is 0 Å². The highest BCUT2D eigenvalue weighted by Crippen LogP contribution is 2.29. The first kappa shape index (κ1) is 14.7. The second-order valence-electron chi connectivity index (χ2n) is 4.47. The van der Waals surface area contributed by atoms with Gasteiger partial charge in [-0.15, -0.1) is 0 Å². The zero-order chi connectivity index (χ0) is 14.3. The molecule has 1 saturated heterocycles. The summed E-state index contributed by atoms with van der Waals surface area (Å²) in [6.45, 7) is 1.90. The second kappa shape index (κ2) is 4.38. The number of hydrogen-bond donors (Lipinski definition) is 2. The zero-order valence-electron chi connectivity index (χ0n) is 9.67. The molecule has 18 heavy (non-hydrogen) atoms. The molecule has 0 aliphatic carbocycles. The molecular weight excluding hydrogens is 271 g/mol. The van der Waals surface area contributed by atoms with Crippen molar-refractivity contribution in [2.45, 2.75) is 25.6 Å². The van der Waals surface area contributed by atoms with Gasteiger partial charge >= 0.3 is 12.2 Å². The van der Waals surface area contributed by atoms with E-state index < -0.39 is 41.1 Å². The molecule has 1 unspecified atom stereocenters. The number of nitrogens with zero attached hydrogens (tertiary/aromatic N) is 1. The van der Waals surface area contributed by atoms with Gasteiger partial charge in [0.25, 0.3) is 5.91 Å². The van der Waals surface area contributed by atoms with Crippen LogP contribution < -0.4 is 11.1 Å². The van der Waals surface area contributed by atoms with Crippen LogP contribution in [0.1, 0.15) is 13.8 Å². The molecular formula is C9H12F3N3O2S. The topological polar surface area (TPSA) is 75.4 Å². The lowest BCUT2D eigenvalue weighted by Gasteiger charge is -2.23. The number of imide groups is 1. The third-order valence-corrected chi connectivity index (χ3v) is 2.83. The predicted molar refractivity (Wildman–Crippen MR) is 60.7 cm³/mol. The summed E-state index contributed by atoms with van der Waals surface area (Å²) in [5.74, 6) is -2.94. The Hall–Kier alpha value is -1.38. The van der Waals surface area contributed by atoms with Crippen LogP contribution in [-0.4, -0.2) is 40.1 Å². The number of alkyl halides is 3. The van der Waals surface area contributed by atoms with E-state index in [0.717, 1.165) is 0 Å². The van der Waals surface area contributed by atoms with E-state index in [0.29, 0.717) is 4.90 Å². The number of halogens is 3. The van der Waals surface area contributed by atoms with Crippen molar-refractivity contribution in [1.29, 1.82) is 0 Å². The number of nitrogens with two attached hydrogens (primary N) is 1. The Bertz CT molecular complexity index is 408. The molecule has 9 heteroatoms. The van der Waals surface area contributed by atoms with E-state index >= 15 is 0 Å². The summed E-state index contributed by atoms with van der Waals surface area (Å²) in [6, 6.07) is -0.879. The summed E-state index contributed by atoms with van der Waals surface area (Å²) in [5, 5.41) is 2.27. The lowest BCUT2D eigenvalue weighted by Crippen LogP contribution is -2.46. The number of thiocarbonyl (C=S) groups is 1. The maximum absolute atomic E-state index is 12.6. The molecule has 1 fully saturated rings. The number of hydrogen-bond acceptors (Lipinski definition) is 3. The van der Waals surface area contributed by atoms with Crippen molar-refractivity contribution in [3.05, 3.63) is 0 Å². The zero-order valence-corrected chi connectivity index (χ0v) is 10.5. The highest BCUT2D eigenvalue weighted by molar-refractivity contribution is 7.80. The van der Waals surface area contributed by atoms with Gasteiger partial charge in [0, 0.05) is 6.54 Å². The average Bonchev–Trinajstić information content (AvgIpc) is 2.31. The quantitative estimate of drug-likeness (QED) is 0.593. The summed E-state index contributed by atoms with van der Waals surface area (Å²) < 4.78 is 37.9. The molecule has 0 radical (unpaired) electrons. The highest BCUT2D eigenvalue weighted by atomic mass is 32.1. The van der Waals surface area contributed by atoms with Gasteiger partial charge in [-0.2, -0.15) is 13.2 Å². The van der Waals surface area contributed by atoms with E-state index in [4.69, 9.17) is 5.73 Å². The van der Waals surface area contributed by atoms with Crippen LogP contribution in [0.2, 0.25) is 0 Å². The van der Waals surface area contributed by atoms with Gasteiger partial charge in [-0.3, -0.25) is 9.69 Å². The molecule has 3 amide bonds. The molecule has 0 aromatic heterocycles. The fourth-order valence-corrected chi connectivity index (χ4v) is 1.73. The molecule has 1 rings (SSSR count). The van der Waals surface area contributed by atoms with E-state index in [-0.39, 0.29) is 0 Å². The molecule has 1 atom stereocenters. The highest BCUT2D eigenvalue weighted by Gasteiger charge is 2.50. The molecule has 3 N–H and O–H groups in total. The molecule has 0 aromatic rings. The molecule has 0 aromatic carbocycles. The summed E-state index contributed by atoms with van der Waals surface area (Å²) in [5.41, 5.74) is 3.78. The number of amides is 3. The number of rotatable bonds is 3. The molecule has 0 bridgehead atoms. The van der Waals surface area contributed by atoms with Crippen LogP contribution in [-0.2, 0) is 4.79 Å². The minimum atomic E-state index is -4.70. The smallest absolute Gasteiger partial charge is 0.393 e. The van der Waals surface area contributed by atoms with Gasteiger partial charge in [0.15, 0.2) is 0 Å². The van der Waals surface area contributed by atoms with Crippen molar-refractivity contribution >= 4 is 29.1 Å². The lowest BCUT2D eigenvalue weighted by molar-refractivity contribution is -0.159. The fraction of sp³-hybridized carbons (Fsp3) is 0.667. The van der Waals surface area contributed by atoms with Crippen molar-refractivity contribution < 1.29 is 22.8 Å². The Balaban J connectivity index is 2.93. The third kappa shape index (κ3) is 2.71. The monoisotopic (exact) mass is 283 g/mol. The Labute approximate surface area is 106 Å². The number of urea groups is 1. The first-order valence-electron chi connectivity index (χ1n) is 4.97. The maximum Gasteiger partial charge on any atom is 0.399 e. The Kier molecular flexibility index (Phi) is 3.57. The molecule has 102 valence electrons. The van der Waals surface area contributed by atoms with Gasteiger partial charge in [0.05, 0.1) is 4.99 Å².